The van der Waals surface area contributed by atoms with Crippen LogP contribution in [-0.4, -0.2) is 10.8 Å². The van der Waals surface area contributed by atoms with Gasteiger partial charge < -0.3 is 5.73 Å². The maximum atomic E-state index is 12.2. The number of hydrogen-bond donors (Lipinski definition) is 1. The van der Waals surface area contributed by atoms with Crippen LogP contribution < -0.4 is 5.73 Å². The predicted molar refractivity (Wildman–Crippen MR) is 78.6 cm³/mol. The lowest BCUT2D eigenvalue weighted by atomic mass is 9.86. The molecule has 0 aliphatic carbocycles. The van der Waals surface area contributed by atoms with Gasteiger partial charge in [0.25, 0.3) is 0 Å². The molecule has 19 heavy (non-hydrogen) atoms. The Kier molecular flexibility index (Phi) is 3.83. The van der Waals surface area contributed by atoms with Gasteiger partial charge in [0, 0.05) is 17.5 Å². The molecule has 2 N–H and O–H groups in total. The molecule has 0 saturated carbocycles. The zero-order chi connectivity index (χ0) is 14.0. The maximum absolute atomic E-state index is 12.2. The Bertz CT molecular complexity index is 579. The quantitative estimate of drug-likeness (QED) is 0.875. The monoisotopic (exact) mass is 274 g/mol. The number of ketones is 1. The van der Waals surface area contributed by atoms with Gasteiger partial charge in [-0.1, -0.05) is 45.0 Å². The maximum Gasteiger partial charge on any atom is 0.212 e. The highest BCUT2D eigenvalue weighted by Gasteiger charge is 2.16. The average Bonchev–Trinajstić information content (AvgIpc) is 2.86. The summed E-state index contributed by atoms with van der Waals surface area (Å²) in [5.74, 6) is -0.0450. The summed E-state index contributed by atoms with van der Waals surface area (Å²) in [6, 6.07) is 7.74. The lowest BCUT2D eigenvalue weighted by Gasteiger charge is -2.18. The largest absolute Gasteiger partial charge is 0.325 e. The van der Waals surface area contributed by atoms with Crippen LogP contribution in [-0.2, 0) is 12.0 Å². The third-order valence-electron chi connectivity index (χ3n) is 2.97. The summed E-state index contributed by atoms with van der Waals surface area (Å²) >= 11 is 1.42. The molecule has 4 heteroatoms. The summed E-state index contributed by atoms with van der Waals surface area (Å²) in [5.41, 5.74) is 7.96. The molecule has 2 aromatic rings. The third-order valence-corrected chi connectivity index (χ3v) is 3.84. The fourth-order valence-corrected chi connectivity index (χ4v) is 2.43. The summed E-state index contributed by atoms with van der Waals surface area (Å²) < 4.78 is 0. The minimum absolute atomic E-state index is 0.0450. The number of aromatic nitrogens is 1. The lowest BCUT2D eigenvalue weighted by molar-refractivity contribution is 0.103. The molecule has 0 spiro atoms. The third kappa shape index (κ3) is 3.08. The normalized spacial score (nSPS) is 11.6. The van der Waals surface area contributed by atoms with Crippen molar-refractivity contribution in [3.05, 3.63) is 51.5 Å². The summed E-state index contributed by atoms with van der Waals surface area (Å²) in [5, 5.41) is 2.55. The number of hydrogen-bond acceptors (Lipinski definition) is 4. The number of rotatable bonds is 3. The van der Waals surface area contributed by atoms with Crippen LogP contribution in [0.5, 0.6) is 0 Å². The number of nitrogens with two attached hydrogens (primary N) is 1. The molecule has 0 saturated heterocycles. The van der Waals surface area contributed by atoms with E-state index in [0.29, 0.717) is 17.8 Å². The smallest absolute Gasteiger partial charge is 0.212 e. The number of carbonyl (C=O) groups excluding carboxylic acids is 1. The summed E-state index contributed by atoms with van der Waals surface area (Å²) in [4.78, 5) is 16.5. The second kappa shape index (κ2) is 5.23. The molecule has 1 aromatic heterocycles. The summed E-state index contributed by atoms with van der Waals surface area (Å²) in [6.07, 6.45) is 0. The Morgan fingerprint density at radius 3 is 2.37 bits per heavy atom. The van der Waals surface area contributed by atoms with Crippen LogP contribution in [0.2, 0.25) is 0 Å². The van der Waals surface area contributed by atoms with E-state index in [1.165, 1.54) is 16.9 Å². The fraction of sp³-hybridized carbons (Fsp3) is 0.333. The highest BCUT2D eigenvalue weighted by atomic mass is 32.1. The first-order valence-corrected chi connectivity index (χ1v) is 7.09. The van der Waals surface area contributed by atoms with E-state index in [2.05, 4.69) is 25.8 Å². The molecule has 1 heterocycles. The first-order chi connectivity index (χ1) is 8.91. The molecule has 0 radical (unpaired) electrons. The molecule has 100 valence electrons. The van der Waals surface area contributed by atoms with E-state index in [4.69, 9.17) is 5.73 Å². The lowest BCUT2D eigenvalue weighted by Crippen LogP contribution is -2.11. The number of nitrogens with zero attached hydrogens (tertiary/aromatic N) is 1. The van der Waals surface area contributed by atoms with Crippen LogP contribution in [0.4, 0.5) is 0 Å². The van der Waals surface area contributed by atoms with Crippen molar-refractivity contribution >= 4 is 17.1 Å². The minimum Gasteiger partial charge on any atom is -0.325 e. The van der Waals surface area contributed by atoms with Crippen molar-refractivity contribution < 1.29 is 4.79 Å². The Morgan fingerprint density at radius 1 is 1.26 bits per heavy atom. The van der Waals surface area contributed by atoms with Crippen LogP contribution in [0.25, 0.3) is 0 Å². The number of benzene rings is 1. The molecule has 0 unspecified atom stereocenters. The molecule has 0 fully saturated rings. The molecule has 0 atom stereocenters. The van der Waals surface area contributed by atoms with Crippen LogP contribution in [0.1, 0.15) is 47.4 Å². The Morgan fingerprint density at radius 2 is 1.89 bits per heavy atom. The second-order valence-corrected chi connectivity index (χ2v) is 6.43. The molecular formula is C15H18N2OS. The average molecular weight is 274 g/mol. The van der Waals surface area contributed by atoms with Gasteiger partial charge >= 0.3 is 0 Å². The molecule has 0 amide bonds. The van der Waals surface area contributed by atoms with Crippen LogP contribution >= 0.6 is 11.3 Å². The van der Waals surface area contributed by atoms with Gasteiger partial charge in [0.15, 0.2) is 0 Å². The van der Waals surface area contributed by atoms with Crippen LogP contribution in [0.3, 0.4) is 0 Å². The molecule has 0 aliphatic rings. The highest BCUT2D eigenvalue weighted by Crippen LogP contribution is 2.23. The molecule has 3 nitrogen and oxygen atoms in total. The first kappa shape index (κ1) is 13.9. The zero-order valence-corrected chi connectivity index (χ0v) is 12.3. The van der Waals surface area contributed by atoms with Crippen molar-refractivity contribution in [2.75, 3.05) is 0 Å². The van der Waals surface area contributed by atoms with Gasteiger partial charge in [-0.3, -0.25) is 4.79 Å². The molecular weight excluding hydrogens is 256 g/mol. The van der Waals surface area contributed by atoms with E-state index in [0.717, 1.165) is 5.01 Å². The van der Waals surface area contributed by atoms with Crippen molar-refractivity contribution in [3.8, 4) is 0 Å². The Balaban J connectivity index is 2.25. The number of carbonyl (C=O) groups is 1. The van der Waals surface area contributed by atoms with E-state index in [1.807, 2.05) is 24.3 Å². The van der Waals surface area contributed by atoms with Crippen LogP contribution in [0, 0.1) is 0 Å². The van der Waals surface area contributed by atoms with E-state index < -0.39 is 0 Å². The van der Waals surface area contributed by atoms with Gasteiger partial charge in [0.05, 0.1) is 0 Å². The summed E-state index contributed by atoms with van der Waals surface area (Å²) in [6.45, 7) is 6.83. The van der Waals surface area contributed by atoms with Crippen molar-refractivity contribution in [2.24, 2.45) is 5.73 Å². The van der Waals surface area contributed by atoms with E-state index in [9.17, 15) is 4.79 Å². The van der Waals surface area contributed by atoms with Gasteiger partial charge in [-0.05, 0) is 11.0 Å². The summed E-state index contributed by atoms with van der Waals surface area (Å²) in [7, 11) is 0. The van der Waals surface area contributed by atoms with Crippen molar-refractivity contribution in [1.82, 2.24) is 4.98 Å². The van der Waals surface area contributed by atoms with Crippen molar-refractivity contribution in [2.45, 2.75) is 32.7 Å². The molecule has 2 rings (SSSR count). The highest BCUT2D eigenvalue weighted by molar-refractivity contribution is 7.09. The van der Waals surface area contributed by atoms with Crippen molar-refractivity contribution in [1.29, 1.82) is 0 Å². The predicted octanol–water partition coefficient (Wildman–Crippen LogP) is 3.13. The number of thiazole rings is 1. The fourth-order valence-electron chi connectivity index (χ4n) is 1.78. The minimum atomic E-state index is -0.0450. The van der Waals surface area contributed by atoms with Crippen LogP contribution in [0.15, 0.2) is 29.6 Å². The topological polar surface area (TPSA) is 56.0 Å². The molecule has 0 bridgehead atoms. The van der Waals surface area contributed by atoms with Gasteiger partial charge in [0.1, 0.15) is 10.7 Å². The second-order valence-electron chi connectivity index (χ2n) is 5.49. The van der Waals surface area contributed by atoms with E-state index in [1.54, 1.807) is 5.38 Å². The van der Waals surface area contributed by atoms with E-state index >= 15 is 0 Å². The zero-order valence-electron chi connectivity index (χ0n) is 11.4. The van der Waals surface area contributed by atoms with Gasteiger partial charge in [-0.25, -0.2) is 4.98 Å². The molecule has 1 aromatic carbocycles. The Hall–Kier alpha value is -1.52. The Labute approximate surface area is 117 Å². The van der Waals surface area contributed by atoms with Gasteiger partial charge in [0.2, 0.25) is 5.78 Å². The van der Waals surface area contributed by atoms with Gasteiger partial charge in [-0.15, -0.1) is 11.3 Å². The molecule has 0 aliphatic heterocycles. The van der Waals surface area contributed by atoms with Crippen molar-refractivity contribution in [3.63, 3.8) is 0 Å². The first-order valence-electron chi connectivity index (χ1n) is 6.21. The standard InChI is InChI=1S/C15H18N2OS/c1-15(2,3)11-6-4-10(5-7-11)14(18)12-9-19-13(8-16)17-12/h4-7,9H,8,16H2,1-3H3. The van der Waals surface area contributed by atoms with Gasteiger partial charge in [-0.2, -0.15) is 0 Å². The van der Waals surface area contributed by atoms with E-state index in [-0.39, 0.29) is 11.2 Å². The SMILES string of the molecule is CC(C)(C)c1ccc(C(=O)c2csc(CN)n2)cc1.